The second kappa shape index (κ2) is 34.8. The van der Waals surface area contributed by atoms with Crippen molar-refractivity contribution in [2.75, 3.05) is 19.6 Å². The van der Waals surface area contributed by atoms with Crippen molar-refractivity contribution in [3.63, 3.8) is 0 Å². The van der Waals surface area contributed by atoms with Crippen molar-refractivity contribution >= 4 is 41.4 Å². The molecule has 0 bridgehead atoms. The predicted molar refractivity (Wildman–Crippen MR) is 245 cm³/mol. The quantitative estimate of drug-likeness (QED) is 0.0436. The van der Waals surface area contributed by atoms with E-state index in [0.717, 1.165) is 25.7 Å². The van der Waals surface area contributed by atoms with Gasteiger partial charge in [0.05, 0.1) is 12.6 Å². The van der Waals surface area contributed by atoms with E-state index in [1.54, 1.807) is 30.3 Å². The van der Waals surface area contributed by atoms with Gasteiger partial charge < -0.3 is 54.2 Å². The Kier molecular flexibility index (Phi) is 31.2. The Morgan fingerprint density at radius 2 is 1.02 bits per heavy atom. The zero-order chi connectivity index (χ0) is 46.8. The van der Waals surface area contributed by atoms with E-state index in [-0.39, 0.29) is 31.7 Å². The molecule has 1 aromatic rings. The van der Waals surface area contributed by atoms with Crippen LogP contribution in [0.3, 0.4) is 0 Å². The first-order valence-electron chi connectivity index (χ1n) is 23.4. The van der Waals surface area contributed by atoms with Gasteiger partial charge in [-0.25, -0.2) is 0 Å². The fourth-order valence-electron chi connectivity index (χ4n) is 7.04. The average molecular weight is 888 g/mol. The summed E-state index contributed by atoms with van der Waals surface area (Å²) in [5.41, 5.74) is 17.4. The summed E-state index contributed by atoms with van der Waals surface area (Å²) >= 11 is 0. The third-order valence-corrected chi connectivity index (χ3v) is 10.9. The van der Waals surface area contributed by atoms with Crippen molar-refractivity contribution < 1.29 is 38.7 Å². The molecule has 6 atom stereocenters. The second-order valence-electron chi connectivity index (χ2n) is 16.6. The van der Waals surface area contributed by atoms with Crippen LogP contribution in [0.1, 0.15) is 155 Å². The van der Waals surface area contributed by atoms with Gasteiger partial charge in [-0.1, -0.05) is 114 Å². The van der Waals surface area contributed by atoms with E-state index >= 15 is 0 Å². The second-order valence-corrected chi connectivity index (χ2v) is 16.6. The molecular weight excluding hydrogens is 807 g/mol. The lowest BCUT2D eigenvalue weighted by atomic mass is 10.0. The van der Waals surface area contributed by atoms with Crippen molar-refractivity contribution in [2.45, 2.75) is 192 Å². The number of unbranched alkanes of at least 4 members (excludes halogenated alkanes) is 14. The SMILES string of the molecule is CCCCCCCCCCCCCCCC(=O)NCC(=O)N[C@@H](C)C(=O)N[C@@H](CCCCN)C(=O)N[C@@H](Cc1ccccc1)C(=O)N[C@@H](CCCCN)C(=O)N[C@H](C(N)=O)[C@@H](C)O. The van der Waals surface area contributed by atoms with E-state index in [4.69, 9.17) is 17.2 Å². The van der Waals surface area contributed by atoms with Crippen molar-refractivity contribution in [3.05, 3.63) is 35.9 Å². The van der Waals surface area contributed by atoms with E-state index in [9.17, 15) is 38.7 Å². The smallest absolute Gasteiger partial charge is 0.243 e. The Morgan fingerprint density at radius 1 is 0.556 bits per heavy atom. The normalized spacial score (nSPS) is 13.9. The highest BCUT2D eigenvalue weighted by Crippen LogP contribution is 2.13. The standard InChI is InChI=1S/C46H81N9O8/c1-4-5-6-7-8-9-10-11-12-13-14-15-19-28-39(57)50-32-40(58)51-33(2)43(60)52-36(26-20-22-29-47)44(61)54-38(31-35-24-17-16-18-25-35)46(63)53-37(27-21-23-30-48)45(62)55-41(34(3)56)42(49)59/h16-18,24-25,33-34,36-38,41,56H,4-15,19-23,26-32,47-48H2,1-3H3,(H2,49,59)(H,50,57)(H,51,58)(H,52,60)(H,53,63)(H,54,61)(H,55,62)/t33-,34+,36-,37-,38-,41-/m0/s1. The molecule has 0 saturated carbocycles. The molecule has 0 unspecified atom stereocenters. The van der Waals surface area contributed by atoms with Gasteiger partial charge in [0.15, 0.2) is 0 Å². The van der Waals surface area contributed by atoms with Crippen LogP contribution in [-0.4, -0.2) is 102 Å². The fourth-order valence-corrected chi connectivity index (χ4v) is 7.04. The molecule has 0 heterocycles. The molecule has 0 aliphatic rings. The maximum Gasteiger partial charge on any atom is 0.243 e. The molecule has 63 heavy (non-hydrogen) atoms. The van der Waals surface area contributed by atoms with Gasteiger partial charge in [-0.15, -0.1) is 0 Å². The third-order valence-electron chi connectivity index (χ3n) is 10.9. The third kappa shape index (κ3) is 26.6. The van der Waals surface area contributed by atoms with Crippen molar-refractivity contribution in [3.8, 4) is 0 Å². The minimum atomic E-state index is -1.41. The molecule has 1 rings (SSSR count). The minimum Gasteiger partial charge on any atom is -0.391 e. The molecule has 0 aliphatic heterocycles. The number of carbonyl (C=O) groups is 7. The van der Waals surface area contributed by atoms with Gasteiger partial charge >= 0.3 is 0 Å². The lowest BCUT2D eigenvalue weighted by molar-refractivity contribution is -0.135. The number of nitrogens with two attached hydrogens (primary N) is 3. The highest BCUT2D eigenvalue weighted by atomic mass is 16.3. The van der Waals surface area contributed by atoms with Crippen molar-refractivity contribution in [1.29, 1.82) is 0 Å². The zero-order valence-corrected chi connectivity index (χ0v) is 38.4. The Balaban J connectivity index is 2.85. The van der Waals surface area contributed by atoms with Gasteiger partial charge in [-0.2, -0.15) is 0 Å². The number of aliphatic hydroxyl groups is 1. The Morgan fingerprint density at radius 3 is 1.51 bits per heavy atom. The number of hydrogen-bond donors (Lipinski definition) is 10. The topological polar surface area (TPSA) is 290 Å². The average Bonchev–Trinajstić information content (AvgIpc) is 3.25. The summed E-state index contributed by atoms with van der Waals surface area (Å²) in [6.45, 7) is 5.36. The van der Waals surface area contributed by atoms with Crippen molar-refractivity contribution in [2.24, 2.45) is 17.2 Å². The molecule has 1 aromatic carbocycles. The maximum absolute atomic E-state index is 13.9. The number of nitrogens with one attached hydrogen (secondary N) is 6. The van der Waals surface area contributed by atoms with Crippen LogP contribution in [-0.2, 0) is 40.0 Å². The first kappa shape index (κ1) is 56.4. The molecule has 0 saturated heterocycles. The lowest BCUT2D eigenvalue weighted by Gasteiger charge is -2.27. The van der Waals surface area contributed by atoms with Gasteiger partial charge in [0.25, 0.3) is 0 Å². The van der Waals surface area contributed by atoms with Gasteiger partial charge in [0.1, 0.15) is 30.2 Å². The summed E-state index contributed by atoms with van der Waals surface area (Å²) in [4.78, 5) is 91.6. The molecular formula is C46H81N9O8. The van der Waals surface area contributed by atoms with E-state index in [2.05, 4.69) is 38.8 Å². The van der Waals surface area contributed by atoms with Gasteiger partial charge in [0, 0.05) is 12.8 Å². The van der Waals surface area contributed by atoms with Crippen molar-refractivity contribution in [1.82, 2.24) is 31.9 Å². The molecule has 0 spiro atoms. The Labute approximate surface area is 375 Å². The summed E-state index contributed by atoms with van der Waals surface area (Å²) in [5, 5.41) is 25.7. The Bertz CT molecular complexity index is 1480. The number of amides is 7. The molecule has 7 amide bonds. The largest absolute Gasteiger partial charge is 0.391 e. The summed E-state index contributed by atoms with van der Waals surface area (Å²) in [6, 6.07) is 2.88. The number of aliphatic hydroxyl groups excluding tert-OH is 1. The minimum absolute atomic E-state index is 0.0220. The highest BCUT2D eigenvalue weighted by Gasteiger charge is 2.32. The highest BCUT2D eigenvalue weighted by molar-refractivity contribution is 5.96. The van der Waals surface area contributed by atoms with Crippen LogP contribution >= 0.6 is 0 Å². The molecule has 0 fully saturated rings. The molecule has 13 N–H and O–H groups in total. The number of rotatable bonds is 37. The van der Waals surface area contributed by atoms with Gasteiger partial charge in [0.2, 0.25) is 41.4 Å². The molecule has 17 nitrogen and oxygen atoms in total. The van der Waals surface area contributed by atoms with Crippen LogP contribution < -0.4 is 49.1 Å². The van der Waals surface area contributed by atoms with Crippen LogP contribution in [0.2, 0.25) is 0 Å². The monoisotopic (exact) mass is 888 g/mol. The summed E-state index contributed by atoms with van der Waals surface area (Å²) < 4.78 is 0. The Hall–Kier alpha value is -4.61. The van der Waals surface area contributed by atoms with E-state index in [0.29, 0.717) is 50.8 Å². The van der Waals surface area contributed by atoms with Gasteiger partial charge in [-0.3, -0.25) is 33.6 Å². The first-order chi connectivity index (χ1) is 30.2. The summed E-state index contributed by atoms with van der Waals surface area (Å²) in [6.07, 6.45) is 16.9. The first-order valence-corrected chi connectivity index (χ1v) is 23.4. The molecule has 17 heteroatoms. The van der Waals surface area contributed by atoms with Crippen LogP contribution in [0.5, 0.6) is 0 Å². The lowest BCUT2D eigenvalue weighted by Crippen LogP contribution is -2.60. The summed E-state index contributed by atoms with van der Waals surface area (Å²) in [7, 11) is 0. The molecule has 0 aliphatic carbocycles. The predicted octanol–water partition coefficient (Wildman–Crippen LogP) is 2.39. The van der Waals surface area contributed by atoms with Crippen LogP contribution in [0.15, 0.2) is 30.3 Å². The number of carbonyl (C=O) groups excluding carboxylic acids is 7. The summed E-state index contributed by atoms with van der Waals surface area (Å²) in [5.74, 6) is -4.57. The molecule has 0 radical (unpaired) electrons. The van der Waals surface area contributed by atoms with Crippen LogP contribution in [0, 0.1) is 0 Å². The fraction of sp³-hybridized carbons (Fsp3) is 0.717. The van der Waals surface area contributed by atoms with Gasteiger partial charge in [-0.05, 0) is 77.4 Å². The van der Waals surface area contributed by atoms with Crippen LogP contribution in [0.25, 0.3) is 0 Å². The van der Waals surface area contributed by atoms with E-state index < -0.39 is 71.8 Å². The van der Waals surface area contributed by atoms with Crippen LogP contribution in [0.4, 0.5) is 0 Å². The molecule has 358 valence electrons. The number of benzene rings is 1. The number of primary amides is 1. The van der Waals surface area contributed by atoms with E-state index in [1.165, 1.54) is 71.6 Å². The zero-order valence-electron chi connectivity index (χ0n) is 38.4. The molecule has 0 aromatic heterocycles. The number of hydrogen-bond acceptors (Lipinski definition) is 10. The van der Waals surface area contributed by atoms with E-state index in [1.807, 2.05) is 0 Å². The maximum atomic E-state index is 13.9.